The smallest absolute Gasteiger partial charge is 0.269 e. The molecule has 1 aliphatic heterocycles. The van der Waals surface area contributed by atoms with Crippen LogP contribution in [0.4, 0.5) is 11.4 Å². The number of hydrogen-bond acceptors (Lipinski definition) is 6. The molecule has 1 heterocycles. The summed E-state index contributed by atoms with van der Waals surface area (Å²) >= 11 is 0. The highest BCUT2D eigenvalue weighted by Gasteiger charge is 2.19. The number of rotatable bonds is 6. The van der Waals surface area contributed by atoms with Gasteiger partial charge in [-0.3, -0.25) is 10.1 Å². The van der Waals surface area contributed by atoms with Gasteiger partial charge in [0.05, 0.1) is 36.5 Å². The zero-order chi connectivity index (χ0) is 20.1. The molecule has 0 amide bonds. The molecule has 1 aliphatic rings. The zero-order valence-corrected chi connectivity index (χ0v) is 15.8. The van der Waals surface area contributed by atoms with Crippen LogP contribution in [0.3, 0.4) is 0 Å². The minimum absolute atomic E-state index is 0.0183. The molecule has 2 aromatic rings. The highest BCUT2D eigenvalue weighted by molar-refractivity contribution is 5.91. The van der Waals surface area contributed by atoms with Crippen molar-refractivity contribution in [3.63, 3.8) is 0 Å². The number of ether oxygens (including phenoxy) is 2. The van der Waals surface area contributed by atoms with Gasteiger partial charge < -0.3 is 14.4 Å². The Labute approximate surface area is 163 Å². The number of nitro benzene ring substituents is 1. The lowest BCUT2D eigenvalue weighted by Gasteiger charge is -2.22. The van der Waals surface area contributed by atoms with Crippen LogP contribution in [-0.4, -0.2) is 32.2 Å². The van der Waals surface area contributed by atoms with Crippen LogP contribution >= 0.6 is 0 Å². The van der Waals surface area contributed by atoms with Gasteiger partial charge in [0.1, 0.15) is 11.5 Å². The summed E-state index contributed by atoms with van der Waals surface area (Å²) in [5.74, 6) is 1.35. The van der Waals surface area contributed by atoms with Crippen molar-refractivity contribution in [2.45, 2.75) is 12.8 Å². The maximum absolute atomic E-state index is 10.8. The van der Waals surface area contributed by atoms with E-state index in [-0.39, 0.29) is 5.69 Å². The molecule has 0 saturated carbocycles. The summed E-state index contributed by atoms with van der Waals surface area (Å²) < 4.78 is 11.1. The predicted molar refractivity (Wildman–Crippen MR) is 108 cm³/mol. The highest BCUT2D eigenvalue weighted by Crippen LogP contribution is 2.38. The van der Waals surface area contributed by atoms with E-state index in [1.807, 2.05) is 12.1 Å². The van der Waals surface area contributed by atoms with Gasteiger partial charge in [0.2, 0.25) is 0 Å². The molecule has 28 heavy (non-hydrogen) atoms. The fourth-order valence-electron chi connectivity index (χ4n) is 3.32. The van der Waals surface area contributed by atoms with Gasteiger partial charge in [-0.1, -0.05) is 0 Å². The van der Waals surface area contributed by atoms with Gasteiger partial charge in [-0.2, -0.15) is 5.26 Å². The Balaban J connectivity index is 2.02. The van der Waals surface area contributed by atoms with Crippen molar-refractivity contribution in [1.82, 2.24) is 0 Å². The van der Waals surface area contributed by atoms with Crippen LogP contribution in [0.15, 0.2) is 36.4 Å². The second-order valence-electron chi connectivity index (χ2n) is 6.43. The van der Waals surface area contributed by atoms with E-state index < -0.39 is 4.92 Å². The first-order valence-electron chi connectivity index (χ1n) is 8.95. The molecule has 0 radical (unpaired) electrons. The van der Waals surface area contributed by atoms with Crippen molar-refractivity contribution in [1.29, 1.82) is 5.26 Å². The van der Waals surface area contributed by atoms with Gasteiger partial charge in [-0.15, -0.1) is 0 Å². The van der Waals surface area contributed by atoms with E-state index in [0.717, 1.165) is 37.4 Å². The Morgan fingerprint density at radius 1 is 1.14 bits per heavy atom. The molecule has 7 heteroatoms. The van der Waals surface area contributed by atoms with Crippen molar-refractivity contribution in [3.8, 4) is 17.6 Å². The van der Waals surface area contributed by atoms with E-state index in [1.54, 1.807) is 32.4 Å². The summed E-state index contributed by atoms with van der Waals surface area (Å²) in [4.78, 5) is 12.6. The van der Waals surface area contributed by atoms with Gasteiger partial charge in [0.15, 0.2) is 0 Å². The molecule has 0 aromatic heterocycles. The monoisotopic (exact) mass is 379 g/mol. The highest BCUT2D eigenvalue weighted by atomic mass is 16.6. The van der Waals surface area contributed by atoms with E-state index in [4.69, 9.17) is 9.47 Å². The number of benzene rings is 2. The summed E-state index contributed by atoms with van der Waals surface area (Å²) in [6.45, 7) is 1.95. The van der Waals surface area contributed by atoms with Crippen LogP contribution < -0.4 is 14.4 Å². The summed E-state index contributed by atoms with van der Waals surface area (Å²) in [7, 11) is 3.21. The first kappa shape index (κ1) is 19.2. The van der Waals surface area contributed by atoms with E-state index in [2.05, 4.69) is 11.0 Å². The number of nitrogens with zero attached hydrogens (tertiary/aromatic N) is 3. The minimum Gasteiger partial charge on any atom is -0.496 e. The molecule has 0 unspecified atom stereocenters. The number of allylic oxidation sites excluding steroid dienone is 1. The molecule has 0 atom stereocenters. The fourth-order valence-corrected chi connectivity index (χ4v) is 3.32. The number of non-ortho nitro benzene ring substituents is 1. The Morgan fingerprint density at radius 2 is 1.79 bits per heavy atom. The molecule has 0 N–H and O–H groups in total. The molecule has 1 saturated heterocycles. The first-order chi connectivity index (χ1) is 13.6. The number of nitriles is 1. The summed E-state index contributed by atoms with van der Waals surface area (Å²) in [6.07, 6.45) is 3.99. The van der Waals surface area contributed by atoms with Gasteiger partial charge in [0, 0.05) is 36.9 Å². The van der Waals surface area contributed by atoms with Gasteiger partial charge in [-0.05, 0) is 42.7 Å². The van der Waals surface area contributed by atoms with Crippen LogP contribution in [0.25, 0.3) is 11.6 Å². The maximum atomic E-state index is 10.8. The second kappa shape index (κ2) is 8.44. The van der Waals surface area contributed by atoms with Crippen molar-refractivity contribution in [2.75, 3.05) is 32.2 Å². The lowest BCUT2D eigenvalue weighted by atomic mass is 10.0. The third-order valence-electron chi connectivity index (χ3n) is 4.79. The molecule has 1 fully saturated rings. The van der Waals surface area contributed by atoms with E-state index in [1.165, 1.54) is 12.1 Å². The molecule has 0 aliphatic carbocycles. The molecule has 2 aromatic carbocycles. The van der Waals surface area contributed by atoms with Crippen molar-refractivity contribution in [2.24, 2.45) is 0 Å². The number of methoxy groups -OCH3 is 2. The minimum atomic E-state index is -0.468. The molecular formula is C21H21N3O4. The van der Waals surface area contributed by atoms with Crippen LogP contribution in [0.2, 0.25) is 0 Å². The number of hydrogen-bond donors (Lipinski definition) is 0. The number of nitro groups is 1. The Hall–Kier alpha value is -3.53. The van der Waals surface area contributed by atoms with E-state index in [9.17, 15) is 15.4 Å². The average molecular weight is 379 g/mol. The van der Waals surface area contributed by atoms with Crippen molar-refractivity contribution < 1.29 is 14.4 Å². The summed E-state index contributed by atoms with van der Waals surface area (Å²) in [5, 5.41) is 20.4. The van der Waals surface area contributed by atoms with Gasteiger partial charge in [0.25, 0.3) is 5.69 Å². The summed E-state index contributed by atoms with van der Waals surface area (Å²) in [6, 6.07) is 11.8. The van der Waals surface area contributed by atoms with Gasteiger partial charge in [-0.25, -0.2) is 0 Å². The second-order valence-corrected chi connectivity index (χ2v) is 6.43. The summed E-state index contributed by atoms with van der Waals surface area (Å²) in [5.41, 5.74) is 2.64. The molecule has 0 spiro atoms. The Bertz CT molecular complexity index is 939. The quantitative estimate of drug-likeness (QED) is 0.322. The standard InChI is InChI=1S/C21H21N3O4/c1-27-20-13-19(23-9-3-4-10-23)21(28-2)12-16(20)11-17(14-22)15-5-7-18(8-6-15)24(25)26/h5-8,11-13H,3-4,9-10H2,1-2H3/b17-11-. The van der Waals surface area contributed by atoms with Crippen molar-refractivity contribution >= 4 is 23.0 Å². The normalized spacial score (nSPS) is 13.9. The Kier molecular flexibility index (Phi) is 5.80. The third kappa shape index (κ3) is 3.91. The predicted octanol–water partition coefficient (Wildman–Crippen LogP) is 4.28. The molecule has 144 valence electrons. The topological polar surface area (TPSA) is 88.6 Å². The van der Waals surface area contributed by atoms with E-state index >= 15 is 0 Å². The van der Waals surface area contributed by atoms with Crippen LogP contribution in [0.5, 0.6) is 11.5 Å². The third-order valence-corrected chi connectivity index (χ3v) is 4.79. The van der Waals surface area contributed by atoms with Crippen LogP contribution in [0, 0.1) is 21.4 Å². The van der Waals surface area contributed by atoms with E-state index in [0.29, 0.717) is 22.4 Å². The zero-order valence-electron chi connectivity index (χ0n) is 15.8. The molecule has 7 nitrogen and oxygen atoms in total. The molecular weight excluding hydrogens is 358 g/mol. The largest absolute Gasteiger partial charge is 0.496 e. The van der Waals surface area contributed by atoms with Crippen molar-refractivity contribution in [3.05, 3.63) is 57.6 Å². The maximum Gasteiger partial charge on any atom is 0.269 e. The first-order valence-corrected chi connectivity index (χ1v) is 8.95. The van der Waals surface area contributed by atoms with Crippen LogP contribution in [0.1, 0.15) is 24.0 Å². The SMILES string of the molecule is COc1cc(N2CCCC2)c(OC)cc1/C=C(/C#N)c1ccc([N+](=O)[O-])cc1. The molecule has 0 bridgehead atoms. The Morgan fingerprint density at radius 3 is 2.32 bits per heavy atom. The average Bonchev–Trinajstić information content (AvgIpc) is 3.26. The molecule has 3 rings (SSSR count). The fraction of sp³-hybridized carbons (Fsp3) is 0.286. The lowest BCUT2D eigenvalue weighted by Crippen LogP contribution is -2.18. The van der Waals surface area contributed by atoms with Gasteiger partial charge >= 0.3 is 0 Å². The number of anilines is 1. The van der Waals surface area contributed by atoms with Crippen LogP contribution in [-0.2, 0) is 0 Å². The lowest BCUT2D eigenvalue weighted by molar-refractivity contribution is -0.384.